The molecular weight excluding hydrogens is 165 g/mol. The lowest BCUT2D eigenvalue weighted by Gasteiger charge is -2.01. The van der Waals surface area contributed by atoms with Gasteiger partial charge >= 0.3 is 6.09 Å². The van der Waals surface area contributed by atoms with Crippen LogP contribution in [-0.2, 0) is 0 Å². The van der Waals surface area contributed by atoms with Crippen molar-refractivity contribution in [2.75, 3.05) is 0 Å². The highest BCUT2D eigenvalue weighted by Gasteiger charge is 2.06. The number of ether oxygens (including phenoxy) is 1. The molecule has 0 aliphatic rings. The zero-order valence-electron chi connectivity index (χ0n) is 5.95. The number of nitrogens with two attached hydrogens (primary N) is 1. The van der Waals surface area contributed by atoms with Crippen LogP contribution in [0.15, 0.2) is 18.2 Å². The molecule has 0 heterocycles. The van der Waals surface area contributed by atoms with Crippen LogP contribution in [0.5, 0.6) is 11.5 Å². The second kappa shape index (κ2) is 3.08. The van der Waals surface area contributed by atoms with E-state index >= 15 is 0 Å². The number of primary amides is 1. The van der Waals surface area contributed by atoms with Crippen LogP contribution < -0.4 is 10.5 Å². The summed E-state index contributed by atoms with van der Waals surface area (Å²) in [4.78, 5) is 10.2. The van der Waals surface area contributed by atoms with E-state index in [2.05, 4.69) is 10.5 Å². The van der Waals surface area contributed by atoms with Gasteiger partial charge in [-0.15, -0.1) is 0 Å². The molecule has 0 saturated carbocycles. The van der Waals surface area contributed by atoms with Gasteiger partial charge in [0.1, 0.15) is 5.75 Å². The quantitative estimate of drug-likeness (QED) is 0.661. The number of benzene rings is 1. The predicted molar refractivity (Wildman–Crippen MR) is 38.3 cm³/mol. The lowest BCUT2D eigenvalue weighted by atomic mass is 10.3. The first-order valence-corrected chi connectivity index (χ1v) is 3.05. The van der Waals surface area contributed by atoms with Crippen molar-refractivity contribution in [1.82, 2.24) is 0 Å². The van der Waals surface area contributed by atoms with Gasteiger partial charge in [-0.05, 0) is 12.1 Å². The van der Waals surface area contributed by atoms with Gasteiger partial charge in [-0.3, -0.25) is 0 Å². The second-order valence-corrected chi connectivity index (χ2v) is 2.04. The molecule has 4 nitrogen and oxygen atoms in total. The van der Waals surface area contributed by atoms with Crippen molar-refractivity contribution in [3.8, 4) is 11.5 Å². The van der Waals surface area contributed by atoms with E-state index in [1.807, 2.05) is 0 Å². The normalized spacial score (nSPS) is 9.42. The van der Waals surface area contributed by atoms with Gasteiger partial charge in [0.15, 0.2) is 11.6 Å². The Morgan fingerprint density at radius 1 is 1.58 bits per heavy atom. The van der Waals surface area contributed by atoms with Gasteiger partial charge in [0.05, 0.1) is 0 Å². The van der Waals surface area contributed by atoms with Crippen LogP contribution in [0.4, 0.5) is 9.18 Å². The van der Waals surface area contributed by atoms with Gasteiger partial charge in [0.25, 0.3) is 0 Å². The third-order valence-electron chi connectivity index (χ3n) is 1.13. The summed E-state index contributed by atoms with van der Waals surface area (Å²) in [7, 11) is 0. The number of aromatic hydroxyl groups is 1. The maximum absolute atomic E-state index is 12.7. The number of carbonyl (C=O) groups is 1. The monoisotopic (exact) mass is 171 g/mol. The summed E-state index contributed by atoms with van der Waals surface area (Å²) in [6, 6.07) is 3.11. The lowest BCUT2D eigenvalue weighted by Crippen LogP contribution is -2.16. The fraction of sp³-hybridized carbons (Fsp3) is 0. The van der Waals surface area contributed by atoms with Crippen LogP contribution in [0.2, 0.25) is 0 Å². The molecule has 5 heteroatoms. The summed E-state index contributed by atoms with van der Waals surface area (Å²) in [5.74, 6) is -1.39. The van der Waals surface area contributed by atoms with Gasteiger partial charge in [0.2, 0.25) is 0 Å². The molecular formula is C7H6FNO3. The molecule has 0 fully saturated rings. The highest BCUT2D eigenvalue weighted by atomic mass is 19.1. The maximum atomic E-state index is 12.7. The molecule has 64 valence electrons. The Morgan fingerprint density at radius 2 is 2.25 bits per heavy atom. The first kappa shape index (κ1) is 8.32. The number of phenolic OH excluding ortho intramolecular Hbond substituents is 1. The van der Waals surface area contributed by atoms with Crippen molar-refractivity contribution in [3.05, 3.63) is 24.0 Å². The molecule has 3 N–H and O–H groups in total. The van der Waals surface area contributed by atoms with Crippen molar-refractivity contribution in [1.29, 1.82) is 0 Å². The SMILES string of the molecule is NC(=O)Oc1ccc(O)cc1F. The molecule has 1 aromatic rings. The van der Waals surface area contributed by atoms with E-state index in [0.717, 1.165) is 12.1 Å². The minimum atomic E-state index is -1.10. The van der Waals surface area contributed by atoms with E-state index in [1.54, 1.807) is 0 Å². The first-order chi connectivity index (χ1) is 5.59. The smallest absolute Gasteiger partial charge is 0.410 e. The van der Waals surface area contributed by atoms with Crippen LogP contribution in [-0.4, -0.2) is 11.2 Å². The number of halogens is 1. The van der Waals surface area contributed by atoms with Crippen LogP contribution in [0.3, 0.4) is 0 Å². The van der Waals surface area contributed by atoms with Crippen molar-refractivity contribution >= 4 is 6.09 Å². The number of phenols is 1. The summed E-state index contributed by atoms with van der Waals surface area (Å²) in [6.45, 7) is 0. The molecule has 0 unspecified atom stereocenters. The third-order valence-corrected chi connectivity index (χ3v) is 1.13. The molecule has 0 aromatic heterocycles. The van der Waals surface area contributed by atoms with Crippen molar-refractivity contribution < 1.29 is 19.0 Å². The molecule has 1 aromatic carbocycles. The van der Waals surface area contributed by atoms with Crippen LogP contribution >= 0.6 is 0 Å². The molecule has 0 bridgehead atoms. The van der Waals surface area contributed by atoms with E-state index in [-0.39, 0.29) is 11.5 Å². The maximum Gasteiger partial charge on any atom is 0.410 e. The standard InChI is InChI=1S/C7H6FNO3/c8-5-3-4(10)1-2-6(5)12-7(9)11/h1-3,10H,(H2,9,11). The second-order valence-electron chi connectivity index (χ2n) is 2.04. The Hall–Kier alpha value is -1.78. The first-order valence-electron chi connectivity index (χ1n) is 3.05. The Kier molecular flexibility index (Phi) is 2.14. The van der Waals surface area contributed by atoms with E-state index < -0.39 is 11.9 Å². The summed E-state index contributed by atoms with van der Waals surface area (Å²) in [5, 5.41) is 8.76. The third kappa shape index (κ3) is 1.85. The highest BCUT2D eigenvalue weighted by molar-refractivity contribution is 5.68. The molecule has 1 rings (SSSR count). The molecule has 1 amide bonds. The molecule has 0 atom stereocenters. The van der Waals surface area contributed by atoms with Crippen molar-refractivity contribution in [3.63, 3.8) is 0 Å². The average molecular weight is 171 g/mol. The predicted octanol–water partition coefficient (Wildman–Crippen LogP) is 0.989. The zero-order valence-corrected chi connectivity index (χ0v) is 5.95. The topological polar surface area (TPSA) is 72.6 Å². The van der Waals surface area contributed by atoms with E-state index in [9.17, 15) is 9.18 Å². The summed E-state index contributed by atoms with van der Waals surface area (Å²) < 4.78 is 17.0. The number of hydrogen-bond acceptors (Lipinski definition) is 3. The average Bonchev–Trinajstić information content (AvgIpc) is 1.94. The van der Waals surface area contributed by atoms with Crippen molar-refractivity contribution in [2.45, 2.75) is 0 Å². The minimum absolute atomic E-state index is 0.246. The number of amides is 1. The summed E-state index contributed by atoms with van der Waals surface area (Å²) in [5.41, 5.74) is 4.64. The molecule has 0 aliphatic carbocycles. The zero-order chi connectivity index (χ0) is 9.14. The summed E-state index contributed by atoms with van der Waals surface area (Å²) >= 11 is 0. The lowest BCUT2D eigenvalue weighted by molar-refractivity contribution is 0.208. The van der Waals surface area contributed by atoms with E-state index in [4.69, 9.17) is 5.11 Å². The van der Waals surface area contributed by atoms with Gasteiger partial charge in [-0.25, -0.2) is 9.18 Å². The molecule has 12 heavy (non-hydrogen) atoms. The Morgan fingerprint density at radius 3 is 2.75 bits per heavy atom. The fourth-order valence-electron chi connectivity index (χ4n) is 0.681. The van der Waals surface area contributed by atoms with Gasteiger partial charge < -0.3 is 15.6 Å². The van der Waals surface area contributed by atoms with Crippen molar-refractivity contribution in [2.24, 2.45) is 5.73 Å². The van der Waals surface area contributed by atoms with Crippen LogP contribution in [0.25, 0.3) is 0 Å². The number of rotatable bonds is 1. The largest absolute Gasteiger partial charge is 0.508 e. The van der Waals surface area contributed by atoms with E-state index in [1.165, 1.54) is 6.07 Å². The minimum Gasteiger partial charge on any atom is -0.508 e. The van der Waals surface area contributed by atoms with Gasteiger partial charge in [0, 0.05) is 6.07 Å². The molecule has 0 radical (unpaired) electrons. The fourth-order valence-corrected chi connectivity index (χ4v) is 0.681. The number of hydrogen-bond donors (Lipinski definition) is 2. The Balaban J connectivity index is 2.93. The van der Waals surface area contributed by atoms with Gasteiger partial charge in [-0.1, -0.05) is 0 Å². The molecule has 0 spiro atoms. The number of carbonyl (C=O) groups excluding carboxylic acids is 1. The molecule has 0 saturated heterocycles. The highest BCUT2D eigenvalue weighted by Crippen LogP contribution is 2.21. The van der Waals surface area contributed by atoms with E-state index in [0.29, 0.717) is 0 Å². The Labute approximate surface area is 67.4 Å². The van der Waals surface area contributed by atoms with Crippen LogP contribution in [0, 0.1) is 5.82 Å². The van der Waals surface area contributed by atoms with Gasteiger partial charge in [-0.2, -0.15) is 0 Å². The summed E-state index contributed by atoms with van der Waals surface area (Å²) in [6.07, 6.45) is -1.10. The molecule has 0 aliphatic heterocycles. The van der Waals surface area contributed by atoms with Crippen LogP contribution in [0.1, 0.15) is 0 Å². The Bertz CT molecular complexity index is 314.